The second-order valence-corrected chi connectivity index (χ2v) is 2.96. The van der Waals surface area contributed by atoms with Crippen LogP contribution in [0.2, 0.25) is 0 Å². The molecule has 0 saturated carbocycles. The molecular weight excluding hydrogens is 170 g/mol. The number of hydrogen-bond acceptors (Lipinski definition) is 3. The fraction of sp³-hybridized carbons (Fsp3) is 0.444. The maximum atomic E-state index is 11.3. The van der Waals surface area contributed by atoms with Gasteiger partial charge in [0.05, 0.1) is 0 Å². The van der Waals surface area contributed by atoms with Gasteiger partial charge >= 0.3 is 0 Å². The summed E-state index contributed by atoms with van der Waals surface area (Å²) in [6, 6.07) is 0. The highest BCUT2D eigenvalue weighted by Gasteiger charge is 2.35. The van der Waals surface area contributed by atoms with Crippen LogP contribution < -0.4 is 5.32 Å². The Hall–Kier alpha value is -1.45. The smallest absolute Gasteiger partial charge is 0.237 e. The first-order valence-electron chi connectivity index (χ1n) is 4.12. The number of carbonyl (C=O) groups is 3. The number of hydrogen-bond donors (Lipinski definition) is 1. The molecule has 1 aliphatic heterocycles. The third kappa shape index (κ3) is 2.24. The lowest BCUT2D eigenvalue weighted by Crippen LogP contribution is -2.26. The molecule has 2 amide bonds. The monoisotopic (exact) mass is 181 g/mol. The summed E-state index contributed by atoms with van der Waals surface area (Å²) in [6.07, 6.45) is 2.47. The van der Waals surface area contributed by atoms with E-state index in [2.05, 4.69) is 11.9 Å². The topological polar surface area (TPSA) is 63.2 Å². The molecule has 1 N–H and O–H groups in total. The SMILES string of the molecule is C=CCCC(=O)C1CC(=O)NC1=O. The van der Waals surface area contributed by atoms with E-state index in [0.717, 1.165) is 0 Å². The molecule has 13 heavy (non-hydrogen) atoms. The van der Waals surface area contributed by atoms with Crippen molar-refractivity contribution < 1.29 is 14.4 Å². The first kappa shape index (κ1) is 9.64. The predicted octanol–water partition coefficient (Wildman–Crippen LogP) is 0.184. The number of Topliss-reactive ketones (excluding diaryl/α,β-unsaturated/α-hetero) is 1. The minimum Gasteiger partial charge on any atom is -0.299 e. The Balaban J connectivity index is 2.52. The van der Waals surface area contributed by atoms with Crippen LogP contribution >= 0.6 is 0 Å². The van der Waals surface area contributed by atoms with Gasteiger partial charge in [-0.25, -0.2) is 0 Å². The molecule has 1 saturated heterocycles. The van der Waals surface area contributed by atoms with Crippen LogP contribution in [0.25, 0.3) is 0 Å². The van der Waals surface area contributed by atoms with Gasteiger partial charge in [0.25, 0.3) is 0 Å². The minimum absolute atomic E-state index is 0.00874. The Labute approximate surface area is 76.0 Å². The first-order valence-corrected chi connectivity index (χ1v) is 4.12. The molecule has 70 valence electrons. The highest BCUT2D eigenvalue weighted by Crippen LogP contribution is 2.14. The summed E-state index contributed by atoms with van der Waals surface area (Å²) < 4.78 is 0. The van der Waals surface area contributed by atoms with E-state index < -0.39 is 11.8 Å². The molecule has 1 rings (SSSR count). The molecule has 0 bridgehead atoms. The Bertz CT molecular complexity index is 270. The molecule has 0 aromatic heterocycles. The van der Waals surface area contributed by atoms with Crippen molar-refractivity contribution in [2.75, 3.05) is 0 Å². The number of amides is 2. The molecule has 0 aliphatic carbocycles. The quantitative estimate of drug-likeness (QED) is 0.382. The van der Waals surface area contributed by atoms with E-state index in [1.54, 1.807) is 6.08 Å². The fourth-order valence-corrected chi connectivity index (χ4v) is 1.23. The number of carbonyl (C=O) groups excluding carboxylic acids is 3. The van der Waals surface area contributed by atoms with Gasteiger partial charge in [-0.2, -0.15) is 0 Å². The summed E-state index contributed by atoms with van der Waals surface area (Å²) >= 11 is 0. The van der Waals surface area contributed by atoms with Crippen LogP contribution in [0.1, 0.15) is 19.3 Å². The normalized spacial score (nSPS) is 21.4. The zero-order valence-corrected chi connectivity index (χ0v) is 7.21. The molecule has 1 aliphatic rings. The third-order valence-corrected chi connectivity index (χ3v) is 1.95. The number of rotatable bonds is 4. The van der Waals surface area contributed by atoms with Gasteiger partial charge in [0.15, 0.2) is 0 Å². The standard InChI is InChI=1S/C9H11NO3/c1-2-3-4-7(11)6-5-8(12)10-9(6)13/h2,6H,1,3-5H2,(H,10,12,13). The molecular formula is C9H11NO3. The van der Waals surface area contributed by atoms with Crippen molar-refractivity contribution in [2.45, 2.75) is 19.3 Å². The molecule has 1 unspecified atom stereocenters. The minimum atomic E-state index is -0.757. The Kier molecular flexibility index (Phi) is 2.95. The van der Waals surface area contributed by atoms with E-state index in [4.69, 9.17) is 0 Å². The number of nitrogens with one attached hydrogen (secondary N) is 1. The van der Waals surface area contributed by atoms with Gasteiger partial charge in [-0.1, -0.05) is 6.08 Å². The molecule has 0 aromatic rings. The third-order valence-electron chi connectivity index (χ3n) is 1.95. The van der Waals surface area contributed by atoms with Crippen molar-refractivity contribution in [3.63, 3.8) is 0 Å². The second kappa shape index (κ2) is 3.98. The lowest BCUT2D eigenvalue weighted by atomic mass is 9.99. The maximum Gasteiger partial charge on any atom is 0.237 e. The van der Waals surface area contributed by atoms with Crippen LogP contribution in [-0.2, 0) is 14.4 Å². The Morgan fingerprint density at radius 1 is 1.62 bits per heavy atom. The van der Waals surface area contributed by atoms with E-state index in [1.165, 1.54) is 0 Å². The molecule has 0 spiro atoms. The Morgan fingerprint density at radius 2 is 2.31 bits per heavy atom. The first-order chi connectivity index (χ1) is 6.15. The summed E-state index contributed by atoms with van der Waals surface area (Å²) in [4.78, 5) is 33.0. The summed E-state index contributed by atoms with van der Waals surface area (Å²) in [5.74, 6) is -1.75. The summed E-state index contributed by atoms with van der Waals surface area (Å²) in [6.45, 7) is 3.47. The predicted molar refractivity (Wildman–Crippen MR) is 45.7 cm³/mol. The molecule has 1 atom stereocenters. The number of imide groups is 1. The van der Waals surface area contributed by atoms with Crippen LogP contribution in [0.4, 0.5) is 0 Å². The summed E-state index contributed by atoms with van der Waals surface area (Å²) in [5, 5.41) is 2.10. The highest BCUT2D eigenvalue weighted by molar-refractivity contribution is 6.14. The van der Waals surface area contributed by atoms with E-state index in [0.29, 0.717) is 6.42 Å². The zero-order chi connectivity index (χ0) is 9.84. The van der Waals surface area contributed by atoms with Crippen molar-refractivity contribution in [3.05, 3.63) is 12.7 Å². The fourth-order valence-electron chi connectivity index (χ4n) is 1.23. The number of allylic oxidation sites excluding steroid dienone is 1. The van der Waals surface area contributed by atoms with Gasteiger partial charge in [0.1, 0.15) is 11.7 Å². The van der Waals surface area contributed by atoms with Crippen molar-refractivity contribution in [1.82, 2.24) is 5.32 Å². The van der Waals surface area contributed by atoms with E-state index >= 15 is 0 Å². The summed E-state index contributed by atoms with van der Waals surface area (Å²) in [5.41, 5.74) is 0. The molecule has 1 heterocycles. The van der Waals surface area contributed by atoms with E-state index in [-0.39, 0.29) is 24.5 Å². The zero-order valence-electron chi connectivity index (χ0n) is 7.21. The lowest BCUT2D eigenvalue weighted by Gasteiger charge is -2.01. The van der Waals surface area contributed by atoms with Crippen molar-refractivity contribution in [3.8, 4) is 0 Å². The van der Waals surface area contributed by atoms with Crippen molar-refractivity contribution in [2.24, 2.45) is 5.92 Å². The van der Waals surface area contributed by atoms with Gasteiger partial charge in [-0.15, -0.1) is 6.58 Å². The van der Waals surface area contributed by atoms with E-state index in [1.807, 2.05) is 0 Å². The van der Waals surface area contributed by atoms with Gasteiger partial charge in [0, 0.05) is 12.8 Å². The van der Waals surface area contributed by atoms with Crippen molar-refractivity contribution >= 4 is 17.6 Å². The molecule has 4 nitrogen and oxygen atoms in total. The Morgan fingerprint density at radius 3 is 2.77 bits per heavy atom. The van der Waals surface area contributed by atoms with Crippen LogP contribution in [-0.4, -0.2) is 17.6 Å². The lowest BCUT2D eigenvalue weighted by molar-refractivity contribution is -0.131. The van der Waals surface area contributed by atoms with Gasteiger partial charge in [-0.05, 0) is 6.42 Å². The number of ketones is 1. The average molecular weight is 181 g/mol. The van der Waals surface area contributed by atoms with Gasteiger partial charge in [-0.3, -0.25) is 19.7 Å². The summed E-state index contributed by atoms with van der Waals surface area (Å²) in [7, 11) is 0. The van der Waals surface area contributed by atoms with Gasteiger partial charge in [0.2, 0.25) is 11.8 Å². The molecule has 4 heteroatoms. The molecule has 0 radical (unpaired) electrons. The largest absolute Gasteiger partial charge is 0.299 e. The van der Waals surface area contributed by atoms with E-state index in [9.17, 15) is 14.4 Å². The average Bonchev–Trinajstić information content (AvgIpc) is 2.41. The molecule has 0 aromatic carbocycles. The maximum absolute atomic E-state index is 11.3. The van der Waals surface area contributed by atoms with Crippen LogP contribution in [0, 0.1) is 5.92 Å². The highest BCUT2D eigenvalue weighted by atomic mass is 16.2. The van der Waals surface area contributed by atoms with Crippen LogP contribution in [0.15, 0.2) is 12.7 Å². The van der Waals surface area contributed by atoms with Gasteiger partial charge < -0.3 is 0 Å². The van der Waals surface area contributed by atoms with Crippen LogP contribution in [0.5, 0.6) is 0 Å². The van der Waals surface area contributed by atoms with Crippen LogP contribution in [0.3, 0.4) is 0 Å². The molecule has 1 fully saturated rings. The van der Waals surface area contributed by atoms with Crippen molar-refractivity contribution in [1.29, 1.82) is 0 Å². The second-order valence-electron chi connectivity index (χ2n) is 2.96.